The third-order valence-corrected chi connectivity index (χ3v) is 13.1. The van der Waals surface area contributed by atoms with Crippen LogP contribution in [0.1, 0.15) is 75.3 Å². The predicted molar refractivity (Wildman–Crippen MR) is 237 cm³/mol. The lowest BCUT2D eigenvalue weighted by Gasteiger charge is -2.43. The van der Waals surface area contributed by atoms with Gasteiger partial charge in [0.2, 0.25) is 29.4 Å². The molecule has 8 rings (SSSR count). The molecule has 0 saturated carbocycles. The molecule has 0 spiro atoms. The molecule has 2 aromatic carbocycles. The van der Waals surface area contributed by atoms with Gasteiger partial charge in [-0.3, -0.25) is 53.0 Å². The Kier molecular flexibility index (Phi) is 14.8. The first kappa shape index (κ1) is 50.5. The molecule has 0 aromatic heterocycles. The van der Waals surface area contributed by atoms with Crippen LogP contribution in [0.25, 0.3) is 0 Å². The highest BCUT2D eigenvalue weighted by atomic mass is 16.7. The van der Waals surface area contributed by atoms with Crippen molar-refractivity contribution in [3.8, 4) is 17.2 Å². The molecule has 0 bridgehead atoms. The van der Waals surface area contributed by atoms with E-state index in [2.05, 4.69) is 31.5 Å². The summed E-state index contributed by atoms with van der Waals surface area (Å²) in [5, 5.41) is 48.1. The highest BCUT2D eigenvalue weighted by molar-refractivity contribution is 6.31. The lowest BCUT2D eigenvalue weighted by atomic mass is 9.72. The molecule has 4 aliphatic heterocycles. The van der Waals surface area contributed by atoms with E-state index in [1.54, 1.807) is 6.92 Å². The summed E-state index contributed by atoms with van der Waals surface area (Å²) in [6.45, 7) is 0.485. The van der Waals surface area contributed by atoms with E-state index in [9.17, 15) is 58.5 Å². The number of imide groups is 1. The summed E-state index contributed by atoms with van der Waals surface area (Å²) >= 11 is 0. The predicted octanol–water partition coefficient (Wildman–Crippen LogP) is -2.95. The van der Waals surface area contributed by atoms with Crippen molar-refractivity contribution < 1.29 is 86.9 Å². The molecule has 3 fully saturated rings. The molecule has 8 atom stereocenters. The number of ether oxygens (including phenoxy) is 6. The number of amides is 7. The Morgan fingerprint density at radius 2 is 1.46 bits per heavy atom. The van der Waals surface area contributed by atoms with E-state index in [0.29, 0.717) is 13.2 Å². The number of benzene rings is 2. The maximum absolute atomic E-state index is 14.2. The van der Waals surface area contributed by atoms with E-state index in [1.165, 1.54) is 32.4 Å². The van der Waals surface area contributed by atoms with E-state index < -0.39 is 151 Å². The Bertz CT molecular complexity index is 2570. The van der Waals surface area contributed by atoms with Crippen molar-refractivity contribution in [1.82, 2.24) is 36.4 Å². The number of fused-ring (bicyclic) bond motifs is 6. The lowest BCUT2D eigenvalue weighted by Crippen LogP contribution is -2.55. The van der Waals surface area contributed by atoms with Crippen LogP contribution < -0.4 is 31.3 Å². The molecule has 0 radical (unpaired) electrons. The highest BCUT2D eigenvalue weighted by Gasteiger charge is 2.55. The third-order valence-electron chi connectivity index (χ3n) is 13.1. The van der Waals surface area contributed by atoms with Crippen molar-refractivity contribution in [1.29, 1.82) is 0 Å². The van der Waals surface area contributed by atoms with Gasteiger partial charge in [-0.05, 0) is 13.0 Å². The van der Waals surface area contributed by atoms with Gasteiger partial charge < -0.3 is 70.3 Å². The first-order valence-corrected chi connectivity index (χ1v) is 22.8. The molecule has 0 unspecified atom stereocenters. The second-order valence-corrected chi connectivity index (χ2v) is 17.5. The average Bonchev–Trinajstić information content (AvgIpc) is 3.90. The van der Waals surface area contributed by atoms with Crippen LogP contribution in [0.4, 0.5) is 0 Å². The zero-order valence-electron chi connectivity index (χ0n) is 38.8. The molecule has 4 heterocycles. The number of nitrogens with zero attached hydrogens (tertiary/aromatic N) is 2. The molecule has 2 aromatic rings. The van der Waals surface area contributed by atoms with Gasteiger partial charge in [-0.15, -0.1) is 0 Å². The van der Waals surface area contributed by atoms with Gasteiger partial charge in [-0.25, -0.2) is 0 Å². The molecular weight excluding hydrogens is 939 g/mol. The number of hydrogen-bond donors (Lipinski definition) is 8. The molecule has 2 aliphatic carbocycles. The van der Waals surface area contributed by atoms with Crippen LogP contribution in [-0.2, 0) is 63.7 Å². The molecule has 8 N–H and O–H groups in total. The Morgan fingerprint density at radius 3 is 2.14 bits per heavy atom. The molecule has 3 saturated heterocycles. The minimum atomic E-state index is -2.38. The van der Waals surface area contributed by atoms with Crippen LogP contribution >= 0.6 is 0 Å². The van der Waals surface area contributed by atoms with Gasteiger partial charge in [-0.2, -0.15) is 0 Å². The Hall–Kier alpha value is -6.87. The van der Waals surface area contributed by atoms with E-state index in [1.807, 2.05) is 0 Å². The van der Waals surface area contributed by atoms with Crippen molar-refractivity contribution in [3.05, 3.63) is 63.7 Å². The van der Waals surface area contributed by atoms with Crippen molar-refractivity contribution in [2.24, 2.45) is 0 Å². The molecule has 71 heavy (non-hydrogen) atoms. The number of carbonyl (C=O) groups is 9. The van der Waals surface area contributed by atoms with Gasteiger partial charge in [0.15, 0.2) is 24.6 Å². The molecule has 25 heteroatoms. The molecule has 6 aliphatic rings. The number of morpholine rings is 1. The number of phenolic OH excluding ortho intramolecular Hbond substituents is 2. The molecule has 25 nitrogen and oxygen atoms in total. The first-order chi connectivity index (χ1) is 33.9. The maximum Gasteiger partial charge on any atom is 0.253 e. The van der Waals surface area contributed by atoms with Crippen molar-refractivity contribution in [3.63, 3.8) is 0 Å². The van der Waals surface area contributed by atoms with E-state index in [-0.39, 0.29) is 66.5 Å². The Balaban J connectivity index is 0.894. The van der Waals surface area contributed by atoms with Crippen molar-refractivity contribution >= 4 is 52.9 Å². The molecule has 7 amide bonds. The van der Waals surface area contributed by atoms with Gasteiger partial charge in [0.05, 0.1) is 62.2 Å². The summed E-state index contributed by atoms with van der Waals surface area (Å²) < 4.78 is 35.8. The van der Waals surface area contributed by atoms with Gasteiger partial charge in [0, 0.05) is 93.9 Å². The lowest BCUT2D eigenvalue weighted by molar-refractivity contribution is -0.256. The average molecular weight is 992 g/mol. The quantitative estimate of drug-likeness (QED) is 0.0381. The summed E-state index contributed by atoms with van der Waals surface area (Å²) in [5.41, 5.74) is -3.99. The van der Waals surface area contributed by atoms with Crippen LogP contribution in [0, 0.1) is 0 Å². The standard InChI is InChI=1S/C46H53N7O18/c1-21-42-24(52-13-14-68-44(67-3)43(52)71-42)15-33(69-21)70-26-17-46(65,16-23-35(26)41(63)37-36(39(23)61)38(60)22-5-4-6-25(66-2)34(22)40(37)62)45(64)48-11-10-47-28(55)18-50-30(57)20-51-29(56)19-49-27(54)9-12-53-31(58)7-8-32(53)59/h4-8,21,24,26,33,42-44,61,63,65H,9-20H2,1-3H3,(H,47,55)(H,48,64)(H,49,54)(H,50,57)(H,51,56)/t21-,24-,26-,33-,42+,43+,44-,46-/m0/s1. The van der Waals surface area contributed by atoms with E-state index in [0.717, 1.165) is 17.1 Å². The van der Waals surface area contributed by atoms with Crippen LogP contribution in [-0.4, -0.2) is 187 Å². The van der Waals surface area contributed by atoms with Gasteiger partial charge in [-0.1, -0.05) is 12.1 Å². The largest absolute Gasteiger partial charge is 0.507 e. The number of methoxy groups -OCH3 is 2. The second kappa shape index (κ2) is 20.8. The fourth-order valence-electron chi connectivity index (χ4n) is 9.72. The summed E-state index contributed by atoms with van der Waals surface area (Å²) in [5.74, 6) is -7.85. The van der Waals surface area contributed by atoms with Crippen molar-refractivity contribution in [2.75, 3.05) is 66.6 Å². The highest BCUT2D eigenvalue weighted by Crippen LogP contribution is 2.53. The Labute approximate surface area is 404 Å². The van der Waals surface area contributed by atoms with Crippen LogP contribution in [0.15, 0.2) is 30.4 Å². The van der Waals surface area contributed by atoms with E-state index >= 15 is 0 Å². The topological polar surface area (TPSA) is 336 Å². The summed E-state index contributed by atoms with van der Waals surface area (Å²) in [4.78, 5) is 117. The van der Waals surface area contributed by atoms with Gasteiger partial charge in [0.1, 0.15) is 29.0 Å². The minimum Gasteiger partial charge on any atom is -0.507 e. The SMILES string of the molecule is COc1cccc2c1C(=O)c1c(O)c3c(c(O)c1C2=O)C[C@@](O)(C(=O)NCCNC(=O)CNC(=O)CNC(=O)CNC(=O)CCN1C(=O)C=CC1=O)C[C@@H]3O[C@H]1C[C@H]2[C@H](O[C@@H]3[C@@H](OC)OCCN32)[C@H](C)O1. The zero-order chi connectivity index (χ0) is 50.9. The second-order valence-electron chi connectivity index (χ2n) is 17.5. The smallest absolute Gasteiger partial charge is 0.253 e. The number of hydrogen-bond acceptors (Lipinski definition) is 19. The maximum atomic E-state index is 14.2. The summed E-state index contributed by atoms with van der Waals surface area (Å²) in [6.07, 6.45) is -3.70. The number of carbonyl (C=O) groups excluding carboxylic acids is 9. The number of phenols is 2. The normalized spacial score (nSPS) is 26.4. The monoisotopic (exact) mass is 991 g/mol. The zero-order valence-corrected chi connectivity index (χ0v) is 38.8. The summed E-state index contributed by atoms with van der Waals surface area (Å²) in [7, 11) is 2.82. The molecular formula is C46H53N7O18. The van der Waals surface area contributed by atoms with Crippen LogP contribution in [0.3, 0.4) is 0 Å². The van der Waals surface area contributed by atoms with Crippen LogP contribution in [0.5, 0.6) is 17.2 Å². The molecule has 380 valence electrons. The number of aromatic hydroxyl groups is 2. The minimum absolute atomic E-state index is 0.0608. The number of nitrogens with one attached hydrogen (secondary N) is 5. The van der Waals surface area contributed by atoms with Crippen LogP contribution in [0.2, 0.25) is 0 Å². The first-order valence-electron chi connectivity index (χ1n) is 22.8. The fraction of sp³-hybridized carbons (Fsp3) is 0.500. The van der Waals surface area contributed by atoms with Gasteiger partial charge in [0.25, 0.3) is 17.7 Å². The van der Waals surface area contributed by atoms with Gasteiger partial charge >= 0.3 is 0 Å². The van der Waals surface area contributed by atoms with Crippen molar-refractivity contribution in [2.45, 2.75) is 81.4 Å². The number of ketones is 2. The Morgan fingerprint density at radius 1 is 0.817 bits per heavy atom. The number of rotatable bonds is 17. The number of aliphatic hydroxyl groups is 1. The fourth-order valence-corrected chi connectivity index (χ4v) is 9.72. The third kappa shape index (κ3) is 10.1. The summed E-state index contributed by atoms with van der Waals surface area (Å²) in [6, 6.07) is 4.07. The van der Waals surface area contributed by atoms with E-state index in [4.69, 9.17) is 28.4 Å².